The molecule has 0 bridgehead atoms. The zero-order chi connectivity index (χ0) is 10.0. The van der Waals surface area contributed by atoms with Crippen molar-refractivity contribution in [3.63, 3.8) is 0 Å². The van der Waals surface area contributed by atoms with Crippen molar-refractivity contribution < 1.29 is 13.9 Å². The van der Waals surface area contributed by atoms with Crippen LogP contribution in [0.4, 0.5) is 14.5 Å². The minimum absolute atomic E-state index is 0.121. The van der Waals surface area contributed by atoms with E-state index in [0.29, 0.717) is 9.13 Å². The lowest BCUT2D eigenvalue weighted by atomic mass is 10.2. The topological polar surface area (TPSA) is 59.1 Å². The van der Waals surface area contributed by atoms with Crippen LogP contribution in [0.15, 0.2) is 6.20 Å². The van der Waals surface area contributed by atoms with E-state index >= 15 is 0 Å². The molecule has 0 spiro atoms. The maximum absolute atomic E-state index is 12.2. The second-order valence-corrected chi connectivity index (χ2v) is 3.50. The molecule has 13 heavy (non-hydrogen) atoms. The Labute approximate surface area is 87.1 Å². The molecule has 0 aliphatic carbocycles. The summed E-state index contributed by atoms with van der Waals surface area (Å²) in [6.45, 7) is -0.355. The number of hydrogen-bond acceptors (Lipinski definition) is 3. The fraction of sp³-hybridized carbons (Fsp3) is 0.286. The number of nitrogen functional groups attached to an aromatic ring is 1. The third-order valence-electron chi connectivity index (χ3n) is 1.57. The van der Waals surface area contributed by atoms with Crippen LogP contribution in [0.25, 0.3) is 0 Å². The van der Waals surface area contributed by atoms with E-state index in [9.17, 15) is 8.78 Å². The van der Waals surface area contributed by atoms with Gasteiger partial charge in [0, 0.05) is 15.3 Å². The summed E-state index contributed by atoms with van der Waals surface area (Å²) in [5, 5.41) is 8.85. The van der Waals surface area contributed by atoms with E-state index in [1.807, 2.05) is 22.6 Å². The summed E-state index contributed by atoms with van der Waals surface area (Å²) in [4.78, 5) is 3.49. The van der Waals surface area contributed by atoms with E-state index in [1.54, 1.807) is 0 Å². The van der Waals surface area contributed by atoms with Gasteiger partial charge in [-0.05, 0) is 22.6 Å². The van der Waals surface area contributed by atoms with Crippen molar-refractivity contribution in [2.45, 2.75) is 13.0 Å². The molecule has 3 nitrogen and oxygen atoms in total. The van der Waals surface area contributed by atoms with Crippen molar-refractivity contribution in [1.29, 1.82) is 0 Å². The second-order valence-electron chi connectivity index (χ2n) is 2.34. The normalized spacial score (nSPS) is 10.8. The van der Waals surface area contributed by atoms with Gasteiger partial charge in [-0.25, -0.2) is 8.78 Å². The molecule has 1 rings (SSSR count). The molecule has 0 aliphatic heterocycles. The van der Waals surface area contributed by atoms with Gasteiger partial charge in [0.1, 0.15) is 5.69 Å². The van der Waals surface area contributed by atoms with Crippen LogP contribution >= 0.6 is 22.6 Å². The van der Waals surface area contributed by atoms with Gasteiger partial charge in [0.25, 0.3) is 6.43 Å². The van der Waals surface area contributed by atoms with Crippen molar-refractivity contribution in [3.05, 3.63) is 21.0 Å². The van der Waals surface area contributed by atoms with E-state index in [0.717, 1.165) is 0 Å². The molecule has 0 aromatic carbocycles. The van der Waals surface area contributed by atoms with Gasteiger partial charge < -0.3 is 10.8 Å². The Hall–Kier alpha value is -0.500. The Balaban J connectivity index is 3.27. The van der Waals surface area contributed by atoms with Crippen LogP contribution in [0.2, 0.25) is 0 Å². The lowest BCUT2D eigenvalue weighted by Crippen LogP contribution is -2.05. The minimum Gasteiger partial charge on any atom is -0.397 e. The van der Waals surface area contributed by atoms with Gasteiger partial charge in [-0.15, -0.1) is 0 Å². The molecule has 1 aromatic rings. The van der Waals surface area contributed by atoms with Gasteiger partial charge in [-0.2, -0.15) is 0 Å². The minimum atomic E-state index is -2.71. The monoisotopic (exact) mass is 300 g/mol. The Morgan fingerprint density at radius 2 is 2.23 bits per heavy atom. The lowest BCUT2D eigenvalue weighted by Gasteiger charge is -2.09. The maximum atomic E-state index is 12.2. The van der Waals surface area contributed by atoms with Gasteiger partial charge in [-0.3, -0.25) is 4.98 Å². The van der Waals surface area contributed by atoms with E-state index < -0.39 is 12.1 Å². The summed E-state index contributed by atoms with van der Waals surface area (Å²) >= 11 is 1.88. The number of pyridine rings is 1. The molecule has 0 unspecified atom stereocenters. The molecule has 0 aliphatic rings. The molecule has 0 fully saturated rings. The molecular formula is C7H7F2IN2O. The molecule has 1 heterocycles. The van der Waals surface area contributed by atoms with Gasteiger partial charge in [0.15, 0.2) is 0 Å². The Morgan fingerprint density at radius 3 is 2.69 bits per heavy atom. The highest BCUT2D eigenvalue weighted by Crippen LogP contribution is 2.28. The molecule has 0 radical (unpaired) electrons. The highest BCUT2D eigenvalue weighted by molar-refractivity contribution is 14.1. The maximum Gasteiger partial charge on any atom is 0.282 e. The van der Waals surface area contributed by atoms with E-state index in [1.165, 1.54) is 6.20 Å². The van der Waals surface area contributed by atoms with E-state index in [4.69, 9.17) is 10.8 Å². The second kappa shape index (κ2) is 4.14. The predicted octanol–water partition coefficient (Wildman–Crippen LogP) is 1.70. The van der Waals surface area contributed by atoms with Gasteiger partial charge >= 0.3 is 0 Å². The van der Waals surface area contributed by atoms with Crippen LogP contribution in [0, 0.1) is 3.57 Å². The predicted molar refractivity (Wildman–Crippen MR) is 52.2 cm³/mol. The van der Waals surface area contributed by atoms with Crippen LogP contribution < -0.4 is 5.73 Å². The quantitative estimate of drug-likeness (QED) is 0.817. The average Bonchev–Trinajstić information content (AvgIpc) is 2.04. The Kier molecular flexibility index (Phi) is 3.37. The van der Waals surface area contributed by atoms with Crippen LogP contribution in [-0.2, 0) is 6.61 Å². The molecule has 1 aromatic heterocycles. The summed E-state index contributed by atoms with van der Waals surface area (Å²) in [5.41, 5.74) is 5.11. The van der Waals surface area contributed by atoms with Crippen molar-refractivity contribution in [1.82, 2.24) is 4.98 Å². The zero-order valence-electron chi connectivity index (χ0n) is 6.47. The third-order valence-corrected chi connectivity index (χ3v) is 2.50. The first kappa shape index (κ1) is 10.6. The molecule has 0 saturated carbocycles. The van der Waals surface area contributed by atoms with Gasteiger partial charge in [-0.1, -0.05) is 0 Å². The molecular weight excluding hydrogens is 293 g/mol. The van der Waals surface area contributed by atoms with Gasteiger partial charge in [0.05, 0.1) is 12.3 Å². The smallest absolute Gasteiger partial charge is 0.282 e. The summed E-state index contributed by atoms with van der Waals surface area (Å²) in [6.07, 6.45) is -1.44. The Bertz CT molecular complexity index is 320. The number of hydrogen-bond donors (Lipinski definition) is 2. The lowest BCUT2D eigenvalue weighted by molar-refractivity contribution is 0.146. The number of rotatable bonds is 2. The number of halogens is 3. The summed E-state index contributed by atoms with van der Waals surface area (Å²) in [6, 6.07) is 0. The fourth-order valence-corrected chi connectivity index (χ4v) is 1.49. The number of aliphatic hydroxyl groups is 1. The van der Waals surface area contributed by atoms with Crippen molar-refractivity contribution >= 4 is 28.3 Å². The standard InChI is InChI=1S/C7H7F2IN2O/c8-7(9)6-5(11)3(2-13)4(10)1-12-6/h1,7,13H,2,11H2. The molecule has 72 valence electrons. The van der Waals surface area contributed by atoms with E-state index in [2.05, 4.69) is 4.98 Å². The number of alkyl halides is 2. The summed E-state index contributed by atoms with van der Waals surface area (Å²) < 4.78 is 25.1. The highest BCUT2D eigenvalue weighted by Gasteiger charge is 2.17. The Morgan fingerprint density at radius 1 is 1.62 bits per heavy atom. The molecule has 6 heteroatoms. The first-order valence-corrected chi connectivity index (χ1v) is 4.47. The summed E-state index contributed by atoms with van der Waals surface area (Å²) in [7, 11) is 0. The first-order valence-electron chi connectivity index (χ1n) is 3.39. The van der Waals surface area contributed by atoms with E-state index in [-0.39, 0.29) is 12.3 Å². The summed E-state index contributed by atoms with van der Waals surface area (Å²) in [5.74, 6) is 0. The number of aliphatic hydroxyl groups excluding tert-OH is 1. The van der Waals surface area contributed by atoms with Crippen molar-refractivity contribution in [2.24, 2.45) is 0 Å². The fourth-order valence-electron chi connectivity index (χ4n) is 0.892. The number of nitrogens with two attached hydrogens (primary N) is 1. The van der Waals surface area contributed by atoms with Crippen molar-refractivity contribution in [2.75, 3.05) is 5.73 Å². The van der Waals surface area contributed by atoms with Crippen LogP contribution in [0.1, 0.15) is 17.7 Å². The van der Waals surface area contributed by atoms with Crippen LogP contribution in [-0.4, -0.2) is 10.1 Å². The first-order chi connectivity index (χ1) is 6.07. The largest absolute Gasteiger partial charge is 0.397 e. The van der Waals surface area contributed by atoms with Crippen molar-refractivity contribution in [3.8, 4) is 0 Å². The number of aromatic nitrogens is 1. The van der Waals surface area contributed by atoms with Crippen LogP contribution in [0.3, 0.4) is 0 Å². The molecule has 3 N–H and O–H groups in total. The zero-order valence-corrected chi connectivity index (χ0v) is 8.62. The SMILES string of the molecule is Nc1c(C(F)F)ncc(I)c1CO. The number of anilines is 1. The van der Waals surface area contributed by atoms with Gasteiger partial charge in [0.2, 0.25) is 0 Å². The molecule has 0 amide bonds. The highest BCUT2D eigenvalue weighted by atomic mass is 127. The third kappa shape index (κ3) is 2.05. The molecule has 0 saturated heterocycles. The molecule has 0 atom stereocenters. The van der Waals surface area contributed by atoms with Crippen LogP contribution in [0.5, 0.6) is 0 Å². The average molecular weight is 300 g/mol. The number of nitrogens with zero attached hydrogens (tertiary/aromatic N) is 1.